The van der Waals surface area contributed by atoms with Gasteiger partial charge in [-0.3, -0.25) is 4.79 Å². The molecule has 1 aliphatic heterocycles. The number of carbonyl (C=O) groups excluding carboxylic acids is 2. The van der Waals surface area contributed by atoms with Crippen LogP contribution in [-0.4, -0.2) is 35.7 Å². The number of ether oxygens (including phenoxy) is 2. The number of hydrogen-bond donors (Lipinski definition) is 1. The zero-order valence-electron chi connectivity index (χ0n) is 17.7. The summed E-state index contributed by atoms with van der Waals surface area (Å²) in [6.07, 6.45) is 1.52. The van der Waals surface area contributed by atoms with E-state index in [2.05, 4.69) is 20.8 Å². The largest absolute Gasteiger partial charge is 0.478 e. The van der Waals surface area contributed by atoms with E-state index >= 15 is 0 Å². The van der Waals surface area contributed by atoms with Crippen LogP contribution in [0.5, 0.6) is 0 Å². The van der Waals surface area contributed by atoms with Crippen molar-refractivity contribution in [1.82, 2.24) is 0 Å². The molecule has 1 aromatic carbocycles. The summed E-state index contributed by atoms with van der Waals surface area (Å²) in [6.45, 7) is 12.3. The van der Waals surface area contributed by atoms with E-state index in [1.54, 1.807) is 26.0 Å². The Balaban J connectivity index is 0.000000280. The van der Waals surface area contributed by atoms with Crippen molar-refractivity contribution in [2.24, 2.45) is 5.41 Å². The van der Waals surface area contributed by atoms with Crippen LogP contribution in [0.25, 0.3) is 0 Å². The molecule has 28 heavy (non-hydrogen) atoms. The van der Waals surface area contributed by atoms with Crippen LogP contribution in [0.2, 0.25) is 0 Å². The Morgan fingerprint density at radius 2 is 1.68 bits per heavy atom. The van der Waals surface area contributed by atoms with Gasteiger partial charge in [0.25, 0.3) is 0 Å². The van der Waals surface area contributed by atoms with Gasteiger partial charge in [-0.2, -0.15) is 0 Å². The molecular formula is C22H32O6. The van der Waals surface area contributed by atoms with E-state index in [0.29, 0.717) is 25.0 Å². The number of aromatic carboxylic acids is 1. The quantitative estimate of drug-likeness (QED) is 0.724. The summed E-state index contributed by atoms with van der Waals surface area (Å²) in [4.78, 5) is 33.2. The molecule has 1 aliphatic rings. The molecule has 1 atom stereocenters. The molecule has 1 heterocycles. The van der Waals surface area contributed by atoms with E-state index in [4.69, 9.17) is 14.6 Å². The van der Waals surface area contributed by atoms with E-state index in [9.17, 15) is 14.4 Å². The van der Waals surface area contributed by atoms with Crippen LogP contribution in [0.15, 0.2) is 24.3 Å². The van der Waals surface area contributed by atoms with Gasteiger partial charge in [0.2, 0.25) is 6.10 Å². The Kier molecular flexibility index (Phi) is 8.21. The molecule has 0 saturated carbocycles. The summed E-state index contributed by atoms with van der Waals surface area (Å²) in [5, 5.41) is 8.74. The lowest BCUT2D eigenvalue weighted by atomic mass is 9.82. The minimum atomic E-state index is -0.870. The number of benzene rings is 1. The predicted octanol–water partition coefficient (Wildman–Crippen LogP) is 4.35. The molecule has 1 N–H and O–H groups in total. The first-order valence-corrected chi connectivity index (χ1v) is 9.66. The molecule has 2 rings (SSSR count). The highest BCUT2D eigenvalue weighted by Crippen LogP contribution is 2.26. The lowest BCUT2D eigenvalue weighted by molar-refractivity contribution is -0.167. The number of carboxylic acid groups (broad SMARTS) is 1. The zero-order chi connectivity index (χ0) is 21.5. The summed E-state index contributed by atoms with van der Waals surface area (Å²) >= 11 is 0. The lowest BCUT2D eigenvalue weighted by Gasteiger charge is -2.23. The first-order chi connectivity index (χ1) is 12.9. The standard InChI is InChI=1S/C12H16O2.C10H16O4/c1-4-12(2,3)10-7-5-9(6-8-10)11(13)14;1-4-10(2,3)9(12)14-7-5-6-13-8(7)11/h5-8H,4H2,1-3H3,(H,13,14);7H,4-6H2,1-3H3. The minimum absolute atomic E-state index is 0.122. The van der Waals surface area contributed by atoms with Crippen molar-refractivity contribution in [2.75, 3.05) is 6.61 Å². The Hall–Kier alpha value is -2.37. The van der Waals surface area contributed by atoms with Crippen molar-refractivity contribution in [1.29, 1.82) is 0 Å². The number of esters is 2. The molecule has 0 aromatic heterocycles. The molecule has 6 nitrogen and oxygen atoms in total. The van der Waals surface area contributed by atoms with Gasteiger partial charge in [-0.1, -0.05) is 39.8 Å². The molecule has 156 valence electrons. The Labute approximate surface area is 167 Å². The zero-order valence-corrected chi connectivity index (χ0v) is 17.7. The number of carboxylic acids is 1. The van der Waals surface area contributed by atoms with Gasteiger partial charge in [0.05, 0.1) is 17.6 Å². The molecule has 1 unspecified atom stereocenters. The summed E-state index contributed by atoms with van der Waals surface area (Å²) in [5.74, 6) is -1.63. The fraction of sp³-hybridized carbons (Fsp3) is 0.591. The van der Waals surface area contributed by atoms with Crippen LogP contribution < -0.4 is 0 Å². The first-order valence-electron chi connectivity index (χ1n) is 9.66. The summed E-state index contributed by atoms with van der Waals surface area (Å²) < 4.78 is 9.76. The van der Waals surface area contributed by atoms with Gasteiger partial charge in [-0.15, -0.1) is 0 Å². The predicted molar refractivity (Wildman–Crippen MR) is 106 cm³/mol. The topological polar surface area (TPSA) is 89.9 Å². The van der Waals surface area contributed by atoms with E-state index in [0.717, 1.165) is 6.42 Å². The van der Waals surface area contributed by atoms with Gasteiger partial charge < -0.3 is 14.6 Å². The third-order valence-corrected chi connectivity index (χ3v) is 5.37. The van der Waals surface area contributed by atoms with Crippen LogP contribution in [0.1, 0.15) is 76.7 Å². The number of cyclic esters (lactones) is 1. The van der Waals surface area contributed by atoms with Gasteiger partial charge in [0.15, 0.2) is 0 Å². The highest BCUT2D eigenvalue weighted by atomic mass is 16.6. The Bertz CT molecular complexity index is 687. The summed E-state index contributed by atoms with van der Waals surface area (Å²) in [6, 6.07) is 7.12. The number of carbonyl (C=O) groups is 3. The molecule has 0 aliphatic carbocycles. The van der Waals surface area contributed by atoms with E-state index in [-0.39, 0.29) is 11.4 Å². The normalized spacial score (nSPS) is 16.6. The second-order valence-corrected chi connectivity index (χ2v) is 8.21. The van der Waals surface area contributed by atoms with Gasteiger partial charge in [-0.05, 0) is 49.8 Å². The second kappa shape index (κ2) is 9.71. The van der Waals surface area contributed by atoms with Crippen molar-refractivity contribution in [2.45, 2.75) is 72.3 Å². The maximum absolute atomic E-state index is 11.6. The van der Waals surface area contributed by atoms with Gasteiger partial charge in [0.1, 0.15) is 0 Å². The molecular weight excluding hydrogens is 360 g/mol. The maximum Gasteiger partial charge on any atom is 0.347 e. The average Bonchev–Trinajstić information content (AvgIpc) is 3.06. The Morgan fingerprint density at radius 3 is 2.07 bits per heavy atom. The van der Waals surface area contributed by atoms with Crippen LogP contribution in [0.4, 0.5) is 0 Å². The van der Waals surface area contributed by atoms with Gasteiger partial charge in [0, 0.05) is 6.42 Å². The highest BCUT2D eigenvalue weighted by Gasteiger charge is 2.35. The molecule has 0 bridgehead atoms. The summed E-state index contributed by atoms with van der Waals surface area (Å²) in [7, 11) is 0. The van der Waals surface area contributed by atoms with Crippen LogP contribution in [0.3, 0.4) is 0 Å². The molecule has 1 aromatic rings. The van der Waals surface area contributed by atoms with Crippen LogP contribution in [-0.2, 0) is 24.5 Å². The minimum Gasteiger partial charge on any atom is -0.478 e. The fourth-order valence-corrected chi connectivity index (χ4v) is 2.29. The van der Waals surface area contributed by atoms with Crippen molar-refractivity contribution >= 4 is 17.9 Å². The SMILES string of the molecule is CCC(C)(C)C(=O)OC1CCOC1=O.CCC(C)(C)c1ccc(C(=O)O)cc1. The summed E-state index contributed by atoms with van der Waals surface area (Å²) in [5.41, 5.74) is 1.13. The fourth-order valence-electron chi connectivity index (χ4n) is 2.29. The molecule has 1 saturated heterocycles. The molecule has 6 heteroatoms. The van der Waals surface area contributed by atoms with E-state index in [1.165, 1.54) is 5.56 Å². The average molecular weight is 392 g/mol. The first kappa shape index (κ1) is 23.7. The second-order valence-electron chi connectivity index (χ2n) is 8.21. The van der Waals surface area contributed by atoms with Gasteiger partial charge >= 0.3 is 17.9 Å². The third-order valence-electron chi connectivity index (χ3n) is 5.37. The highest BCUT2D eigenvalue weighted by molar-refractivity contribution is 5.87. The van der Waals surface area contributed by atoms with E-state index < -0.39 is 23.5 Å². The molecule has 0 amide bonds. The van der Waals surface area contributed by atoms with Crippen molar-refractivity contribution in [3.05, 3.63) is 35.4 Å². The Morgan fingerprint density at radius 1 is 1.11 bits per heavy atom. The molecule has 0 radical (unpaired) electrons. The van der Waals surface area contributed by atoms with E-state index in [1.807, 2.05) is 19.1 Å². The monoisotopic (exact) mass is 392 g/mol. The van der Waals surface area contributed by atoms with Crippen LogP contribution in [0, 0.1) is 5.41 Å². The molecule has 0 spiro atoms. The van der Waals surface area contributed by atoms with Gasteiger partial charge in [-0.25, -0.2) is 9.59 Å². The number of hydrogen-bond acceptors (Lipinski definition) is 5. The lowest BCUT2D eigenvalue weighted by Crippen LogP contribution is -2.32. The number of rotatable bonds is 6. The third kappa shape index (κ3) is 6.36. The van der Waals surface area contributed by atoms with Crippen molar-refractivity contribution in [3.63, 3.8) is 0 Å². The maximum atomic E-state index is 11.6. The smallest absolute Gasteiger partial charge is 0.347 e. The van der Waals surface area contributed by atoms with Crippen molar-refractivity contribution in [3.8, 4) is 0 Å². The van der Waals surface area contributed by atoms with Crippen molar-refractivity contribution < 1.29 is 29.0 Å². The molecule has 1 fully saturated rings. The van der Waals surface area contributed by atoms with Crippen LogP contribution >= 0.6 is 0 Å².